The molecule has 3 atom stereocenters. The van der Waals surface area contributed by atoms with Crippen molar-refractivity contribution in [2.75, 3.05) is 0 Å². The molecule has 13 heavy (non-hydrogen) atoms. The fourth-order valence-electron chi connectivity index (χ4n) is 0.247. The van der Waals surface area contributed by atoms with E-state index in [1.165, 1.54) is 0 Å². The van der Waals surface area contributed by atoms with Gasteiger partial charge in [0.05, 0.1) is 5.40 Å². The summed E-state index contributed by atoms with van der Waals surface area (Å²) in [6.45, 7) is 0.678. The fourth-order valence-corrected chi connectivity index (χ4v) is 1.94. The average Bonchev–Trinajstić information content (AvgIpc) is 1.84. The molecule has 0 aromatic rings. The van der Waals surface area contributed by atoms with E-state index >= 15 is 0 Å². The third-order valence-electron chi connectivity index (χ3n) is 1.04. The van der Waals surface area contributed by atoms with Crippen LogP contribution in [0.3, 0.4) is 0 Å². The maximum atomic E-state index is 10.4. The van der Waals surface area contributed by atoms with Gasteiger partial charge in [0, 0.05) is 0 Å². The first kappa shape index (κ1) is 20.6. The molecule has 11 heteroatoms. The predicted octanol–water partition coefficient (Wildman–Crippen LogP) is -7.07. The van der Waals surface area contributed by atoms with Gasteiger partial charge in [-0.05, 0) is 6.92 Å². The summed E-state index contributed by atoms with van der Waals surface area (Å²) in [6.07, 6.45) is 0. The summed E-state index contributed by atoms with van der Waals surface area (Å²) in [5, 5.41) is 5.54. The average molecular weight is 250 g/mol. The second-order valence-electron chi connectivity index (χ2n) is 1.82. The Morgan fingerprint density at radius 3 is 1.69 bits per heavy atom. The van der Waals surface area contributed by atoms with Crippen LogP contribution in [0.2, 0.25) is 0 Å². The minimum absolute atomic E-state index is 0. The molecule has 0 heterocycles. The topological polar surface area (TPSA) is 130 Å². The molecule has 0 saturated carbocycles. The van der Waals surface area contributed by atoms with E-state index < -0.39 is 20.6 Å². The van der Waals surface area contributed by atoms with Gasteiger partial charge in [0.15, 0.2) is 7.60 Å². The van der Waals surface area contributed by atoms with Crippen LogP contribution in [0, 0.1) is 0 Å². The molecule has 0 aromatic heterocycles. The second kappa shape index (κ2) is 7.52. The van der Waals surface area contributed by atoms with Crippen LogP contribution in [-0.2, 0) is 13.8 Å². The summed E-state index contributed by atoms with van der Waals surface area (Å²) >= 11 is 0. The molecule has 0 aliphatic heterocycles. The van der Waals surface area contributed by atoms with E-state index in [-0.39, 0.29) is 59.1 Å². The molecule has 0 saturated heterocycles. The quantitative estimate of drug-likeness (QED) is 0.220. The minimum Gasteiger partial charge on any atom is -0.778 e. The van der Waals surface area contributed by atoms with Gasteiger partial charge < -0.3 is 23.8 Å². The van der Waals surface area contributed by atoms with Crippen molar-refractivity contribution in [3.63, 3.8) is 0 Å². The smallest absolute Gasteiger partial charge is 0.778 e. The Morgan fingerprint density at radius 1 is 1.31 bits per heavy atom. The zero-order valence-corrected chi connectivity index (χ0v) is 13.2. The van der Waals surface area contributed by atoms with Gasteiger partial charge in [-0.3, -0.25) is 0 Å². The second-order valence-corrected chi connectivity index (χ2v) is 6.15. The molecular weight excluding hydrogens is 244 g/mol. The van der Waals surface area contributed by atoms with E-state index in [1.54, 1.807) is 0 Å². The molecule has 68 valence electrons. The molecule has 2 N–H and O–H groups in total. The van der Waals surface area contributed by atoms with Gasteiger partial charge in [-0.15, -0.1) is 0 Å². The van der Waals surface area contributed by atoms with Crippen LogP contribution in [0.5, 0.6) is 0 Å². The number of hydrogen-bond acceptors (Lipinski definition) is 6. The molecule has 0 fully saturated rings. The van der Waals surface area contributed by atoms with Gasteiger partial charge in [-0.1, -0.05) is 0 Å². The molecule has 0 bridgehead atoms. The molecule has 0 aromatic carbocycles. The Morgan fingerprint density at radius 2 is 1.62 bits per heavy atom. The summed E-state index contributed by atoms with van der Waals surface area (Å²) in [4.78, 5) is 28.7. The van der Waals surface area contributed by atoms with Crippen molar-refractivity contribution in [3.05, 3.63) is 0 Å². The van der Waals surface area contributed by atoms with Crippen LogP contribution < -0.4 is 68.9 Å². The molecule has 3 unspecified atom stereocenters. The van der Waals surface area contributed by atoms with E-state index in [4.69, 9.17) is 10.2 Å². The zero-order valence-electron chi connectivity index (χ0n) is 7.41. The van der Waals surface area contributed by atoms with E-state index in [0.717, 1.165) is 0 Å². The molecule has 0 aliphatic rings. The van der Waals surface area contributed by atoms with Gasteiger partial charge >= 0.3 is 59.1 Å². The van der Waals surface area contributed by atoms with Gasteiger partial charge in [0.2, 0.25) is 0 Å². The normalized spacial score (nSPS) is 21.3. The van der Waals surface area contributed by atoms with E-state index in [9.17, 15) is 18.9 Å². The van der Waals surface area contributed by atoms with E-state index in [2.05, 4.69) is 4.67 Å². The van der Waals surface area contributed by atoms with Crippen LogP contribution in [0.1, 0.15) is 6.92 Å². The van der Waals surface area contributed by atoms with Gasteiger partial charge in [-0.2, -0.15) is 4.67 Å². The largest absolute Gasteiger partial charge is 1.00 e. The maximum absolute atomic E-state index is 10.4. The third kappa shape index (κ3) is 7.19. The summed E-state index contributed by atoms with van der Waals surface area (Å²) in [5.41, 5.74) is 0. The van der Waals surface area contributed by atoms with E-state index in [1.807, 2.05) is 0 Å². The van der Waals surface area contributed by atoms with Crippen molar-refractivity contribution in [3.8, 4) is 0 Å². The van der Waals surface area contributed by atoms with Crippen molar-refractivity contribution in [1.29, 1.82) is 0 Å². The molecule has 7 nitrogen and oxygen atoms in total. The van der Waals surface area contributed by atoms with Crippen molar-refractivity contribution < 1.29 is 92.9 Å². The van der Waals surface area contributed by atoms with Crippen LogP contribution in [-0.4, -0.2) is 15.6 Å². The third-order valence-corrected chi connectivity index (χ3v) is 4.86. The van der Waals surface area contributed by atoms with Crippen molar-refractivity contribution in [2.24, 2.45) is 0 Å². The number of rotatable bonds is 3. The summed E-state index contributed by atoms with van der Waals surface area (Å²) in [7, 11) is -9.91. The summed E-state index contributed by atoms with van der Waals surface area (Å²) in [6, 6.07) is 0. The zero-order chi connectivity index (χ0) is 9.28. The first-order valence-corrected chi connectivity index (χ1v) is 5.65. The first-order chi connectivity index (χ1) is 4.72. The van der Waals surface area contributed by atoms with Crippen molar-refractivity contribution in [1.82, 2.24) is 0 Å². The molecule has 0 spiro atoms. The Kier molecular flexibility index (Phi) is 11.9. The molecule has 0 aliphatic carbocycles. The van der Waals surface area contributed by atoms with E-state index in [0.29, 0.717) is 6.92 Å². The van der Waals surface area contributed by atoms with Crippen molar-refractivity contribution >= 4 is 15.2 Å². The molecule has 0 rings (SSSR count). The molecule has 0 radical (unpaired) electrons. The summed E-state index contributed by atoms with van der Waals surface area (Å²) < 4.78 is 23.4. The van der Waals surface area contributed by atoms with Crippen molar-refractivity contribution in [2.45, 2.75) is 12.3 Å². The van der Waals surface area contributed by atoms with Gasteiger partial charge in [-0.25, -0.2) is 5.26 Å². The Bertz CT molecular complexity index is 225. The Hall–Kier alpha value is 2.26. The van der Waals surface area contributed by atoms with Gasteiger partial charge in [0.1, 0.15) is 7.60 Å². The van der Waals surface area contributed by atoms with Gasteiger partial charge in [0.25, 0.3) is 0 Å². The first-order valence-electron chi connectivity index (χ1n) is 2.39. The monoisotopic (exact) mass is 250 g/mol. The molecular formula is C2H6Na2O7P2. The van der Waals surface area contributed by atoms with Crippen LogP contribution in [0.25, 0.3) is 0 Å². The van der Waals surface area contributed by atoms with Crippen LogP contribution in [0.15, 0.2) is 0 Å². The predicted molar refractivity (Wildman–Crippen MR) is 30.6 cm³/mol. The van der Waals surface area contributed by atoms with Crippen LogP contribution >= 0.6 is 15.2 Å². The minimum atomic E-state index is -5.01. The fraction of sp³-hybridized carbons (Fsp3) is 1.00. The standard InChI is InChI=1S/C2H8O7P2.2Na/c1-2(10(4,5)6)11(7,8)9-3;;/h2-3H,1H3,(H,7,8)(H2,4,5,6);;/q;2*+1/p-2. The maximum Gasteiger partial charge on any atom is 1.00 e. The SMILES string of the molecule is CC(P(=O)([O-])O)P(=O)([O-])OO.[Na+].[Na+]. The number of hydrogen-bond donors (Lipinski definition) is 2. The Labute approximate surface area is 119 Å². The summed E-state index contributed by atoms with van der Waals surface area (Å²) in [5.74, 6) is 0. The van der Waals surface area contributed by atoms with Crippen LogP contribution in [0.4, 0.5) is 0 Å². The Balaban J connectivity index is -0.000000500. The molecule has 0 amide bonds.